The van der Waals surface area contributed by atoms with Crippen molar-refractivity contribution >= 4 is 29.9 Å². The van der Waals surface area contributed by atoms with Crippen LogP contribution in [0.25, 0.3) is 11.4 Å². The summed E-state index contributed by atoms with van der Waals surface area (Å²) in [5.74, 6) is 3.08. The second kappa shape index (κ2) is 11.4. The Morgan fingerprint density at radius 3 is 2.67 bits per heavy atom. The lowest BCUT2D eigenvalue weighted by molar-refractivity contribution is 0.382. The number of benzene rings is 2. The lowest BCUT2D eigenvalue weighted by Gasteiger charge is -2.23. The molecule has 0 atom stereocenters. The number of guanidine groups is 1. The fraction of sp³-hybridized carbons (Fsp3) is 0.286. The number of nitrogens with one attached hydrogen (secondary N) is 2. The lowest BCUT2D eigenvalue weighted by atomic mass is 10.1. The van der Waals surface area contributed by atoms with Gasteiger partial charge in [0.15, 0.2) is 11.8 Å². The first kappa shape index (κ1) is 23.5. The molecule has 160 valence electrons. The van der Waals surface area contributed by atoms with Gasteiger partial charge in [0.25, 0.3) is 0 Å². The highest BCUT2D eigenvalue weighted by atomic mass is 127. The van der Waals surface area contributed by atoms with Gasteiger partial charge in [-0.2, -0.15) is 5.10 Å². The van der Waals surface area contributed by atoms with Crippen LogP contribution in [-0.2, 0) is 13.1 Å². The molecule has 0 fully saturated rings. The van der Waals surface area contributed by atoms with Crippen LogP contribution in [0.3, 0.4) is 0 Å². The molecule has 3 aromatic rings. The fourth-order valence-electron chi connectivity index (χ4n) is 3.05. The van der Waals surface area contributed by atoms with E-state index in [1.807, 2.05) is 42.3 Å². The summed E-state index contributed by atoms with van der Waals surface area (Å²) in [7, 11) is 7.07. The summed E-state index contributed by atoms with van der Waals surface area (Å²) in [6.45, 7) is 1.28. The van der Waals surface area contributed by atoms with Crippen molar-refractivity contribution in [2.45, 2.75) is 13.1 Å². The SMILES string of the molecule is CN=C(NCc1cccc(-c2ncn[nH]2)c1)N(C)Cc1ccc(OC)cc1OC.I. The summed E-state index contributed by atoms with van der Waals surface area (Å²) in [5.41, 5.74) is 3.16. The molecule has 0 aliphatic rings. The summed E-state index contributed by atoms with van der Waals surface area (Å²) in [4.78, 5) is 10.6. The molecule has 0 bridgehead atoms. The number of hydrogen-bond acceptors (Lipinski definition) is 5. The van der Waals surface area contributed by atoms with Crippen LogP contribution >= 0.6 is 24.0 Å². The Bertz CT molecular complexity index is 962. The van der Waals surface area contributed by atoms with Gasteiger partial charge in [0.1, 0.15) is 17.8 Å². The number of hydrogen-bond donors (Lipinski definition) is 2. The number of ether oxygens (including phenoxy) is 2. The van der Waals surface area contributed by atoms with E-state index in [2.05, 4.69) is 37.6 Å². The van der Waals surface area contributed by atoms with Gasteiger partial charge in [-0.15, -0.1) is 24.0 Å². The van der Waals surface area contributed by atoms with Crippen molar-refractivity contribution in [3.63, 3.8) is 0 Å². The van der Waals surface area contributed by atoms with E-state index in [-0.39, 0.29) is 24.0 Å². The normalized spacial score (nSPS) is 10.9. The number of aliphatic imine (C=N–C) groups is 1. The minimum atomic E-state index is 0. The van der Waals surface area contributed by atoms with Gasteiger partial charge in [-0.3, -0.25) is 10.1 Å². The topological polar surface area (TPSA) is 87.7 Å². The highest BCUT2D eigenvalue weighted by Gasteiger charge is 2.11. The summed E-state index contributed by atoms with van der Waals surface area (Å²) in [5, 5.41) is 10.2. The molecule has 0 saturated heterocycles. The quantitative estimate of drug-likeness (QED) is 0.281. The molecule has 0 amide bonds. The molecule has 1 aromatic heterocycles. The number of aromatic amines is 1. The zero-order chi connectivity index (χ0) is 20.6. The van der Waals surface area contributed by atoms with E-state index < -0.39 is 0 Å². The van der Waals surface area contributed by atoms with Gasteiger partial charge in [-0.25, -0.2) is 4.98 Å². The Kier molecular flexibility index (Phi) is 8.90. The molecular formula is C21H27IN6O2. The number of rotatable bonds is 7. The minimum absolute atomic E-state index is 0. The first-order valence-corrected chi connectivity index (χ1v) is 9.22. The van der Waals surface area contributed by atoms with Crippen LogP contribution in [0.2, 0.25) is 0 Å². The minimum Gasteiger partial charge on any atom is -0.497 e. The summed E-state index contributed by atoms with van der Waals surface area (Å²) < 4.78 is 10.8. The van der Waals surface area contributed by atoms with E-state index in [9.17, 15) is 0 Å². The molecule has 0 radical (unpaired) electrons. The van der Waals surface area contributed by atoms with Crippen molar-refractivity contribution in [3.8, 4) is 22.9 Å². The van der Waals surface area contributed by atoms with E-state index in [1.165, 1.54) is 6.33 Å². The highest BCUT2D eigenvalue weighted by Crippen LogP contribution is 2.25. The maximum Gasteiger partial charge on any atom is 0.193 e. The Hall–Kier alpha value is -2.82. The van der Waals surface area contributed by atoms with E-state index in [4.69, 9.17) is 9.47 Å². The Balaban J connectivity index is 0.00000320. The van der Waals surface area contributed by atoms with E-state index in [1.54, 1.807) is 21.3 Å². The summed E-state index contributed by atoms with van der Waals surface area (Å²) >= 11 is 0. The van der Waals surface area contributed by atoms with Gasteiger partial charge in [-0.05, 0) is 23.8 Å². The third-order valence-electron chi connectivity index (χ3n) is 4.54. The summed E-state index contributed by atoms with van der Waals surface area (Å²) in [6, 6.07) is 14.0. The zero-order valence-electron chi connectivity index (χ0n) is 17.5. The number of aromatic nitrogens is 3. The van der Waals surface area contributed by atoms with E-state index in [0.717, 1.165) is 40.0 Å². The van der Waals surface area contributed by atoms with Gasteiger partial charge < -0.3 is 19.7 Å². The van der Waals surface area contributed by atoms with Gasteiger partial charge in [-0.1, -0.05) is 18.2 Å². The first-order valence-electron chi connectivity index (χ1n) is 9.22. The van der Waals surface area contributed by atoms with Crippen LogP contribution < -0.4 is 14.8 Å². The monoisotopic (exact) mass is 522 g/mol. The van der Waals surface area contributed by atoms with Crippen LogP contribution in [0, 0.1) is 0 Å². The van der Waals surface area contributed by atoms with Gasteiger partial charge in [0.2, 0.25) is 0 Å². The van der Waals surface area contributed by atoms with Crippen molar-refractivity contribution < 1.29 is 9.47 Å². The Morgan fingerprint density at radius 1 is 1.17 bits per heavy atom. The van der Waals surface area contributed by atoms with Crippen molar-refractivity contribution in [3.05, 3.63) is 59.9 Å². The largest absolute Gasteiger partial charge is 0.497 e. The Morgan fingerprint density at radius 2 is 2.00 bits per heavy atom. The van der Waals surface area contributed by atoms with Crippen LogP contribution in [0.15, 0.2) is 53.8 Å². The standard InChI is InChI=1S/C21H26N6O2.HI/c1-22-21(27(2)13-17-8-9-18(28-3)11-19(17)29-4)23-12-15-6-5-7-16(10-15)20-24-14-25-26-20;/h5-11,14H,12-13H2,1-4H3,(H,22,23)(H,24,25,26);1H. The molecule has 30 heavy (non-hydrogen) atoms. The van der Waals surface area contributed by atoms with Gasteiger partial charge in [0, 0.05) is 44.4 Å². The summed E-state index contributed by atoms with van der Waals surface area (Å²) in [6.07, 6.45) is 1.50. The number of methoxy groups -OCH3 is 2. The average molecular weight is 522 g/mol. The molecule has 3 rings (SSSR count). The van der Waals surface area contributed by atoms with Gasteiger partial charge >= 0.3 is 0 Å². The molecule has 2 N–H and O–H groups in total. The molecule has 0 unspecified atom stereocenters. The third kappa shape index (κ3) is 5.85. The fourth-order valence-corrected chi connectivity index (χ4v) is 3.05. The molecule has 1 heterocycles. The number of H-pyrrole nitrogens is 1. The van der Waals surface area contributed by atoms with Crippen molar-refractivity contribution in [2.24, 2.45) is 4.99 Å². The molecule has 0 spiro atoms. The maximum absolute atomic E-state index is 5.50. The van der Waals surface area contributed by atoms with E-state index in [0.29, 0.717) is 13.1 Å². The predicted molar refractivity (Wildman–Crippen MR) is 128 cm³/mol. The van der Waals surface area contributed by atoms with Gasteiger partial charge in [0.05, 0.1) is 14.2 Å². The third-order valence-corrected chi connectivity index (χ3v) is 4.54. The maximum atomic E-state index is 5.50. The van der Waals surface area contributed by atoms with Crippen molar-refractivity contribution in [2.75, 3.05) is 28.3 Å². The molecule has 0 aliphatic heterocycles. The van der Waals surface area contributed by atoms with E-state index >= 15 is 0 Å². The molecular weight excluding hydrogens is 495 g/mol. The van der Waals surface area contributed by atoms with Crippen LogP contribution in [0.5, 0.6) is 11.5 Å². The molecule has 2 aromatic carbocycles. The highest BCUT2D eigenvalue weighted by molar-refractivity contribution is 14.0. The van der Waals surface area contributed by atoms with Crippen molar-refractivity contribution in [1.29, 1.82) is 0 Å². The number of halogens is 1. The molecule has 0 aliphatic carbocycles. The second-order valence-electron chi connectivity index (χ2n) is 6.47. The molecule has 9 heteroatoms. The lowest BCUT2D eigenvalue weighted by Crippen LogP contribution is -2.38. The molecule has 8 nitrogen and oxygen atoms in total. The van der Waals surface area contributed by atoms with Crippen LogP contribution in [0.4, 0.5) is 0 Å². The van der Waals surface area contributed by atoms with Crippen LogP contribution in [0.1, 0.15) is 11.1 Å². The predicted octanol–water partition coefficient (Wildman–Crippen LogP) is 3.31. The second-order valence-corrected chi connectivity index (χ2v) is 6.47. The van der Waals surface area contributed by atoms with Crippen molar-refractivity contribution in [1.82, 2.24) is 25.4 Å². The first-order chi connectivity index (χ1) is 14.1. The number of nitrogens with zero attached hydrogens (tertiary/aromatic N) is 4. The Labute approximate surface area is 193 Å². The van der Waals surface area contributed by atoms with Crippen LogP contribution in [-0.4, -0.2) is 54.4 Å². The smallest absolute Gasteiger partial charge is 0.193 e. The average Bonchev–Trinajstić information content (AvgIpc) is 3.29. The molecule has 0 saturated carbocycles. The zero-order valence-corrected chi connectivity index (χ0v) is 19.9.